The lowest BCUT2D eigenvalue weighted by molar-refractivity contribution is -0.145. The van der Waals surface area contributed by atoms with Crippen molar-refractivity contribution in [3.63, 3.8) is 0 Å². The average molecular weight is 494 g/mol. The van der Waals surface area contributed by atoms with Gasteiger partial charge in [0.05, 0.1) is 13.7 Å². The summed E-state index contributed by atoms with van der Waals surface area (Å²) in [4.78, 5) is 52.2. The van der Waals surface area contributed by atoms with E-state index in [2.05, 4.69) is 15.4 Å². The van der Waals surface area contributed by atoms with Crippen LogP contribution < -0.4 is 10.6 Å². The van der Waals surface area contributed by atoms with Gasteiger partial charge in [0.15, 0.2) is 0 Å². The molecule has 1 aromatic rings. The van der Waals surface area contributed by atoms with Gasteiger partial charge in [0, 0.05) is 6.54 Å². The number of carbonyl (C=O) groups is 4. The predicted octanol–water partition coefficient (Wildman–Crippen LogP) is 2.15. The van der Waals surface area contributed by atoms with Gasteiger partial charge in [0.2, 0.25) is 11.8 Å². The van der Waals surface area contributed by atoms with Crippen LogP contribution in [0.1, 0.15) is 63.3 Å². The molecule has 0 fully saturated rings. The number of hydrogen-bond acceptors (Lipinski definition) is 7. The van der Waals surface area contributed by atoms with Crippen LogP contribution in [0.5, 0.6) is 0 Å². The average Bonchev–Trinajstić information content (AvgIpc) is 2.77. The summed E-state index contributed by atoms with van der Waals surface area (Å²) in [5.41, 5.74) is 1.52. The summed E-state index contributed by atoms with van der Waals surface area (Å²) in [7, 11) is 1.21. The van der Waals surface area contributed by atoms with Crippen molar-refractivity contribution < 1.29 is 33.8 Å². The molecule has 0 aromatic heterocycles. The first-order chi connectivity index (χ1) is 16.3. The molecule has 0 heterocycles. The van der Waals surface area contributed by atoms with Gasteiger partial charge >= 0.3 is 12.1 Å². The maximum absolute atomic E-state index is 13.6. The number of benzene rings is 1. The number of unbranched alkanes of at least 4 members (excludes halogenated alkanes) is 1. The van der Waals surface area contributed by atoms with E-state index in [1.54, 1.807) is 26.8 Å². The first-order valence-corrected chi connectivity index (χ1v) is 11.7. The molecule has 196 valence electrons. The van der Waals surface area contributed by atoms with Gasteiger partial charge in [-0.05, 0) is 52.2 Å². The number of carbonyl (C=O) groups excluding carboxylic acids is 4. The highest BCUT2D eigenvalue weighted by Gasteiger charge is 2.36. The number of hydrogen-bond donors (Lipinski definition) is 3. The number of alkyl carbamates (subject to hydrolysis) is 1. The SMILES string of the molecule is CCCCN(C(=O)C(CO)NC(=O)OC(C)(C)C)C(C(=O)NCC(=O)OC)c1ccc(C)cc1C. The third-order valence-corrected chi connectivity index (χ3v) is 5.12. The van der Waals surface area contributed by atoms with Crippen molar-refractivity contribution in [2.24, 2.45) is 0 Å². The second-order valence-electron chi connectivity index (χ2n) is 9.32. The fourth-order valence-corrected chi connectivity index (χ4v) is 3.44. The largest absolute Gasteiger partial charge is 0.468 e. The summed E-state index contributed by atoms with van der Waals surface area (Å²) in [6.45, 7) is 9.84. The molecule has 3 N–H and O–H groups in total. The van der Waals surface area contributed by atoms with E-state index in [1.165, 1.54) is 12.0 Å². The lowest BCUT2D eigenvalue weighted by Gasteiger charge is -2.34. The third-order valence-electron chi connectivity index (χ3n) is 5.12. The minimum Gasteiger partial charge on any atom is -0.468 e. The number of aryl methyl sites for hydroxylation is 2. The number of nitrogens with one attached hydrogen (secondary N) is 2. The number of ether oxygens (including phenoxy) is 2. The molecule has 2 unspecified atom stereocenters. The number of methoxy groups -OCH3 is 1. The number of nitrogens with zero attached hydrogens (tertiary/aromatic N) is 1. The third kappa shape index (κ3) is 9.56. The molecule has 0 aliphatic carbocycles. The molecule has 0 spiro atoms. The molecule has 0 saturated heterocycles. The first-order valence-electron chi connectivity index (χ1n) is 11.7. The standard InChI is InChI=1S/C25H39N3O7/c1-8-9-12-28(23(32)19(15-29)27-24(33)35-25(4,5)6)21(22(31)26-14-20(30)34-7)18-11-10-16(2)13-17(18)3/h10-11,13,19,21,29H,8-9,12,14-15H2,1-7H3,(H,26,31)(H,27,33). The zero-order chi connectivity index (χ0) is 26.8. The molecule has 10 nitrogen and oxygen atoms in total. The van der Waals surface area contributed by atoms with Gasteiger partial charge in [0.1, 0.15) is 24.2 Å². The van der Waals surface area contributed by atoms with Crippen molar-refractivity contribution in [1.82, 2.24) is 15.5 Å². The van der Waals surface area contributed by atoms with E-state index in [9.17, 15) is 24.3 Å². The molecular weight excluding hydrogens is 454 g/mol. The molecule has 0 aliphatic rings. The van der Waals surface area contributed by atoms with Gasteiger partial charge in [-0.1, -0.05) is 37.1 Å². The van der Waals surface area contributed by atoms with Gasteiger partial charge in [-0.3, -0.25) is 14.4 Å². The maximum atomic E-state index is 13.6. The van der Waals surface area contributed by atoms with Crippen molar-refractivity contribution in [2.45, 2.75) is 72.1 Å². The van der Waals surface area contributed by atoms with E-state index < -0.39 is 48.2 Å². The zero-order valence-electron chi connectivity index (χ0n) is 21.8. The van der Waals surface area contributed by atoms with Crippen LogP contribution >= 0.6 is 0 Å². The monoisotopic (exact) mass is 493 g/mol. The van der Waals surface area contributed by atoms with Gasteiger partial charge in [-0.2, -0.15) is 0 Å². The molecule has 2 atom stereocenters. The molecule has 0 aliphatic heterocycles. The Hall–Kier alpha value is -3.14. The van der Waals surface area contributed by atoms with Gasteiger partial charge < -0.3 is 30.1 Å². The molecule has 0 saturated carbocycles. The minimum atomic E-state index is -1.33. The van der Waals surface area contributed by atoms with Gasteiger partial charge in [0.25, 0.3) is 0 Å². The summed E-state index contributed by atoms with van der Waals surface area (Å²) in [6, 6.07) is 3.04. The quantitative estimate of drug-likeness (QED) is 0.402. The highest BCUT2D eigenvalue weighted by atomic mass is 16.6. The number of aliphatic hydroxyl groups is 1. The number of esters is 1. The van der Waals surface area contributed by atoms with E-state index >= 15 is 0 Å². The van der Waals surface area contributed by atoms with Crippen LogP contribution in [-0.4, -0.2) is 72.3 Å². The molecule has 1 aromatic carbocycles. The van der Waals surface area contributed by atoms with Crippen LogP contribution in [0.25, 0.3) is 0 Å². The van der Waals surface area contributed by atoms with Crippen molar-refractivity contribution in [3.8, 4) is 0 Å². The first kappa shape index (κ1) is 29.9. The summed E-state index contributed by atoms with van der Waals surface area (Å²) < 4.78 is 9.83. The normalized spacial score (nSPS) is 12.8. The highest BCUT2D eigenvalue weighted by Crippen LogP contribution is 2.27. The molecule has 10 heteroatoms. The Bertz CT molecular complexity index is 896. The molecule has 0 bridgehead atoms. The second-order valence-corrected chi connectivity index (χ2v) is 9.32. The summed E-state index contributed by atoms with van der Waals surface area (Å²) >= 11 is 0. The topological polar surface area (TPSA) is 134 Å². The van der Waals surface area contributed by atoms with Crippen LogP contribution in [0.2, 0.25) is 0 Å². The van der Waals surface area contributed by atoms with Crippen LogP contribution in [0.4, 0.5) is 4.79 Å². The molecule has 3 amide bonds. The minimum absolute atomic E-state index is 0.186. The van der Waals surface area contributed by atoms with E-state index in [0.717, 1.165) is 17.5 Å². The van der Waals surface area contributed by atoms with E-state index in [4.69, 9.17) is 4.74 Å². The summed E-state index contributed by atoms with van der Waals surface area (Å²) in [6.07, 6.45) is 0.442. The Morgan fingerprint density at radius 3 is 2.31 bits per heavy atom. The number of aliphatic hydroxyl groups excluding tert-OH is 1. The second kappa shape index (κ2) is 13.7. The van der Waals surface area contributed by atoms with Gasteiger partial charge in [-0.15, -0.1) is 0 Å². The number of amides is 3. The van der Waals surface area contributed by atoms with Crippen molar-refractivity contribution >= 4 is 23.9 Å². The van der Waals surface area contributed by atoms with E-state index in [1.807, 2.05) is 32.9 Å². The van der Waals surface area contributed by atoms with E-state index in [0.29, 0.717) is 12.0 Å². The zero-order valence-corrected chi connectivity index (χ0v) is 21.8. The van der Waals surface area contributed by atoms with Crippen LogP contribution in [0.3, 0.4) is 0 Å². The maximum Gasteiger partial charge on any atom is 0.408 e. The highest BCUT2D eigenvalue weighted by molar-refractivity contribution is 5.93. The Morgan fingerprint density at radius 1 is 1.14 bits per heavy atom. The number of rotatable bonds is 11. The van der Waals surface area contributed by atoms with Gasteiger partial charge in [-0.25, -0.2) is 4.79 Å². The van der Waals surface area contributed by atoms with Crippen LogP contribution in [0.15, 0.2) is 18.2 Å². The lowest BCUT2D eigenvalue weighted by Crippen LogP contribution is -2.55. The smallest absolute Gasteiger partial charge is 0.408 e. The predicted molar refractivity (Wildman–Crippen MR) is 131 cm³/mol. The van der Waals surface area contributed by atoms with Crippen molar-refractivity contribution in [1.29, 1.82) is 0 Å². The molecular formula is C25H39N3O7. The Balaban J connectivity index is 3.42. The van der Waals surface area contributed by atoms with Crippen LogP contribution in [-0.2, 0) is 23.9 Å². The summed E-state index contributed by atoms with van der Waals surface area (Å²) in [5.74, 6) is -1.87. The van der Waals surface area contributed by atoms with Crippen molar-refractivity contribution in [3.05, 3.63) is 34.9 Å². The van der Waals surface area contributed by atoms with Crippen molar-refractivity contribution in [2.75, 3.05) is 26.8 Å². The summed E-state index contributed by atoms with van der Waals surface area (Å²) in [5, 5.41) is 14.9. The lowest BCUT2D eigenvalue weighted by atomic mass is 9.96. The van der Waals surface area contributed by atoms with E-state index in [-0.39, 0.29) is 13.1 Å². The molecule has 35 heavy (non-hydrogen) atoms. The Labute approximate surface area is 207 Å². The molecule has 0 radical (unpaired) electrons. The molecule has 1 rings (SSSR count). The Kier molecular flexibility index (Phi) is 11.7. The van der Waals surface area contributed by atoms with Crippen LogP contribution in [0, 0.1) is 13.8 Å². The fourth-order valence-electron chi connectivity index (χ4n) is 3.44. The fraction of sp³-hybridized carbons (Fsp3) is 0.600. The Morgan fingerprint density at radius 2 is 1.80 bits per heavy atom.